The predicted molar refractivity (Wildman–Crippen MR) is 131 cm³/mol. The molecule has 0 aromatic heterocycles. The van der Waals surface area contributed by atoms with Gasteiger partial charge in [0.05, 0.1) is 34.4 Å². The number of nitrogens with zero attached hydrogens (tertiary/aromatic N) is 1. The second-order valence-electron chi connectivity index (χ2n) is 8.25. The molecule has 35 heavy (non-hydrogen) atoms. The van der Waals surface area contributed by atoms with Crippen LogP contribution in [-0.4, -0.2) is 78.5 Å². The molecule has 2 atom stereocenters. The normalized spacial score (nSPS) is 17.1. The lowest BCUT2D eigenvalue weighted by molar-refractivity contribution is -0.125. The van der Waals surface area contributed by atoms with Crippen molar-refractivity contribution < 1.29 is 33.3 Å². The summed E-state index contributed by atoms with van der Waals surface area (Å²) >= 11 is 0. The molecule has 2 amide bonds. The molecule has 1 saturated heterocycles. The maximum atomic E-state index is 13.3. The number of methoxy groups -OCH3 is 5. The van der Waals surface area contributed by atoms with Gasteiger partial charge in [0.1, 0.15) is 5.75 Å². The number of rotatable bonds is 11. The fourth-order valence-corrected chi connectivity index (χ4v) is 4.36. The summed E-state index contributed by atoms with van der Waals surface area (Å²) in [4.78, 5) is 28.2. The number of benzene rings is 2. The maximum Gasteiger partial charge on any atom is 0.253 e. The Morgan fingerprint density at radius 3 is 2.11 bits per heavy atom. The van der Waals surface area contributed by atoms with Crippen LogP contribution in [0, 0.1) is 5.92 Å². The Labute approximate surface area is 206 Å². The lowest BCUT2D eigenvalue weighted by Crippen LogP contribution is -2.36. The molecular formula is C26H34N2O7. The topological polar surface area (TPSA) is 95.6 Å². The van der Waals surface area contributed by atoms with Gasteiger partial charge in [-0.25, -0.2) is 0 Å². The van der Waals surface area contributed by atoms with E-state index < -0.39 is 5.92 Å². The number of carbonyl (C=O) groups is 2. The average Bonchev–Trinajstić information content (AvgIpc) is 3.35. The third-order valence-electron chi connectivity index (χ3n) is 6.22. The quantitative estimate of drug-likeness (QED) is 0.488. The highest BCUT2D eigenvalue weighted by Crippen LogP contribution is 2.43. The molecule has 1 aliphatic heterocycles. The van der Waals surface area contributed by atoms with E-state index in [1.165, 1.54) is 0 Å². The van der Waals surface area contributed by atoms with Crippen LogP contribution in [0.25, 0.3) is 0 Å². The van der Waals surface area contributed by atoms with Gasteiger partial charge in [0, 0.05) is 44.8 Å². The number of nitrogens with one attached hydrogen (secondary N) is 1. The van der Waals surface area contributed by atoms with Crippen molar-refractivity contribution in [2.24, 2.45) is 5.92 Å². The van der Waals surface area contributed by atoms with E-state index in [-0.39, 0.29) is 17.7 Å². The van der Waals surface area contributed by atoms with E-state index in [0.717, 1.165) is 5.56 Å². The number of ether oxygens (including phenoxy) is 5. The van der Waals surface area contributed by atoms with Crippen LogP contribution in [0.15, 0.2) is 36.4 Å². The predicted octanol–water partition coefficient (Wildman–Crippen LogP) is 2.73. The molecule has 9 heteroatoms. The molecule has 0 bridgehead atoms. The Morgan fingerprint density at radius 1 is 0.914 bits per heavy atom. The number of likely N-dealkylation sites (tertiary alicyclic amines) is 1. The van der Waals surface area contributed by atoms with Crippen molar-refractivity contribution in [1.29, 1.82) is 0 Å². The summed E-state index contributed by atoms with van der Waals surface area (Å²) in [5, 5.41) is 2.99. The standard InChI is InChI=1S/C26H34N2O7/c1-31-12-6-11-27-25(29)21-16-28(26(30)17-7-9-19(32-2)10-8-17)15-20(21)18-13-22(33-3)24(35-5)23(14-18)34-4/h7-10,13-14,20-21H,6,11-12,15-16H2,1-5H3,(H,27,29)/t20-,21+/m0/s1. The van der Waals surface area contributed by atoms with Gasteiger partial charge >= 0.3 is 0 Å². The van der Waals surface area contributed by atoms with Gasteiger partial charge in [-0.2, -0.15) is 0 Å². The number of amides is 2. The van der Waals surface area contributed by atoms with E-state index in [0.29, 0.717) is 61.2 Å². The van der Waals surface area contributed by atoms with Gasteiger partial charge in [0.2, 0.25) is 11.7 Å². The molecular weight excluding hydrogens is 452 g/mol. The minimum atomic E-state index is -0.442. The first-order valence-corrected chi connectivity index (χ1v) is 11.5. The summed E-state index contributed by atoms with van der Waals surface area (Å²) in [7, 11) is 7.85. The molecule has 2 aromatic rings. The van der Waals surface area contributed by atoms with E-state index in [1.54, 1.807) is 64.7 Å². The SMILES string of the molecule is COCCCNC(=O)[C@@H]1CN(C(=O)c2ccc(OC)cc2)C[C@H]1c1cc(OC)c(OC)c(OC)c1. The van der Waals surface area contributed by atoms with E-state index in [9.17, 15) is 9.59 Å². The van der Waals surface area contributed by atoms with E-state index >= 15 is 0 Å². The number of hydrogen-bond acceptors (Lipinski definition) is 7. The zero-order chi connectivity index (χ0) is 25.4. The van der Waals surface area contributed by atoms with Gasteiger partial charge in [-0.05, 0) is 48.4 Å². The van der Waals surface area contributed by atoms with Gasteiger partial charge in [0.25, 0.3) is 5.91 Å². The van der Waals surface area contributed by atoms with Crippen LogP contribution in [-0.2, 0) is 9.53 Å². The van der Waals surface area contributed by atoms with Crippen molar-refractivity contribution in [1.82, 2.24) is 10.2 Å². The van der Waals surface area contributed by atoms with Gasteiger partial charge < -0.3 is 33.9 Å². The summed E-state index contributed by atoms with van der Waals surface area (Å²) in [6, 6.07) is 10.7. The molecule has 0 radical (unpaired) electrons. The molecule has 0 aliphatic carbocycles. The minimum Gasteiger partial charge on any atom is -0.497 e. The maximum absolute atomic E-state index is 13.3. The van der Waals surface area contributed by atoms with Crippen LogP contribution in [0.5, 0.6) is 23.0 Å². The Morgan fingerprint density at radius 2 is 1.57 bits per heavy atom. The van der Waals surface area contributed by atoms with Gasteiger partial charge in [-0.3, -0.25) is 9.59 Å². The average molecular weight is 487 g/mol. The second kappa shape index (κ2) is 12.3. The molecule has 1 N–H and O–H groups in total. The molecule has 2 aromatic carbocycles. The molecule has 3 rings (SSSR count). The monoisotopic (exact) mass is 486 g/mol. The van der Waals surface area contributed by atoms with Crippen molar-refractivity contribution in [3.05, 3.63) is 47.5 Å². The van der Waals surface area contributed by atoms with Crippen molar-refractivity contribution in [3.8, 4) is 23.0 Å². The molecule has 9 nitrogen and oxygen atoms in total. The smallest absolute Gasteiger partial charge is 0.253 e. The summed E-state index contributed by atoms with van der Waals surface area (Å²) in [6.07, 6.45) is 0.707. The lowest BCUT2D eigenvalue weighted by Gasteiger charge is -2.21. The lowest BCUT2D eigenvalue weighted by atomic mass is 9.88. The van der Waals surface area contributed by atoms with Crippen LogP contribution in [0.3, 0.4) is 0 Å². The summed E-state index contributed by atoms with van der Waals surface area (Å²) in [5.74, 6) is 1.21. The Hall–Kier alpha value is -3.46. The summed E-state index contributed by atoms with van der Waals surface area (Å²) < 4.78 is 26.8. The highest BCUT2D eigenvalue weighted by molar-refractivity contribution is 5.95. The van der Waals surface area contributed by atoms with Crippen molar-refractivity contribution >= 4 is 11.8 Å². The number of carbonyl (C=O) groups excluding carboxylic acids is 2. The third-order valence-corrected chi connectivity index (χ3v) is 6.22. The molecule has 1 aliphatic rings. The molecule has 1 heterocycles. The van der Waals surface area contributed by atoms with E-state index in [4.69, 9.17) is 23.7 Å². The fourth-order valence-electron chi connectivity index (χ4n) is 4.36. The third kappa shape index (κ3) is 5.97. The van der Waals surface area contributed by atoms with Crippen LogP contribution < -0.4 is 24.3 Å². The highest BCUT2D eigenvalue weighted by Gasteiger charge is 2.41. The minimum absolute atomic E-state index is 0.107. The zero-order valence-corrected chi connectivity index (χ0v) is 21.0. The first kappa shape index (κ1) is 26.2. The summed E-state index contributed by atoms with van der Waals surface area (Å²) in [6.45, 7) is 1.73. The Kier molecular flexibility index (Phi) is 9.19. The van der Waals surface area contributed by atoms with Crippen molar-refractivity contribution in [2.75, 3.05) is 61.8 Å². The first-order chi connectivity index (χ1) is 17.0. The molecule has 190 valence electrons. The van der Waals surface area contributed by atoms with Gasteiger partial charge in [-0.1, -0.05) is 0 Å². The van der Waals surface area contributed by atoms with Crippen LogP contribution in [0.1, 0.15) is 28.3 Å². The molecule has 0 saturated carbocycles. The second-order valence-corrected chi connectivity index (χ2v) is 8.25. The highest BCUT2D eigenvalue weighted by atomic mass is 16.5. The van der Waals surface area contributed by atoms with Gasteiger partial charge in [-0.15, -0.1) is 0 Å². The fraction of sp³-hybridized carbons (Fsp3) is 0.462. The molecule has 0 unspecified atom stereocenters. The van der Waals surface area contributed by atoms with Crippen LogP contribution >= 0.6 is 0 Å². The van der Waals surface area contributed by atoms with Crippen LogP contribution in [0.4, 0.5) is 0 Å². The van der Waals surface area contributed by atoms with Crippen molar-refractivity contribution in [2.45, 2.75) is 12.3 Å². The largest absolute Gasteiger partial charge is 0.497 e. The molecule has 1 fully saturated rings. The van der Waals surface area contributed by atoms with E-state index in [2.05, 4.69) is 5.32 Å². The molecule has 0 spiro atoms. The Bertz CT molecular complexity index is 984. The van der Waals surface area contributed by atoms with E-state index in [1.807, 2.05) is 12.1 Å². The van der Waals surface area contributed by atoms with Gasteiger partial charge in [0.15, 0.2) is 11.5 Å². The van der Waals surface area contributed by atoms with Crippen molar-refractivity contribution in [3.63, 3.8) is 0 Å². The summed E-state index contributed by atoms with van der Waals surface area (Å²) in [5.41, 5.74) is 1.37. The number of hydrogen-bond donors (Lipinski definition) is 1. The zero-order valence-electron chi connectivity index (χ0n) is 21.0. The van der Waals surface area contributed by atoms with Crippen LogP contribution in [0.2, 0.25) is 0 Å². The Balaban J connectivity index is 1.91. The first-order valence-electron chi connectivity index (χ1n) is 11.5.